The molecule has 4 aliphatic rings. The van der Waals surface area contributed by atoms with Gasteiger partial charge < -0.3 is 70.8 Å². The van der Waals surface area contributed by atoms with Gasteiger partial charge >= 0.3 is 17.6 Å². The van der Waals surface area contributed by atoms with Gasteiger partial charge in [-0.3, -0.25) is 29.5 Å². The van der Waals surface area contributed by atoms with E-state index in [1.54, 1.807) is 150 Å². The van der Waals surface area contributed by atoms with Crippen LogP contribution in [0.15, 0.2) is 210 Å². The molecule has 11 aromatic rings. The number of benzene rings is 2. The summed E-state index contributed by atoms with van der Waals surface area (Å²) in [6.07, 6.45) is 24.9. The number of nitrogens with one attached hydrogen (secondary N) is 2. The van der Waals surface area contributed by atoms with E-state index < -0.39 is 15.7 Å². The van der Waals surface area contributed by atoms with Crippen molar-refractivity contribution < 1.29 is 46.7 Å². The molecule has 3 saturated heterocycles. The molecule has 0 spiro atoms. The van der Waals surface area contributed by atoms with Gasteiger partial charge in [0.1, 0.15) is 51.7 Å². The zero-order valence-corrected chi connectivity index (χ0v) is 96.2. The molecule has 30 nitrogen and oxygen atoms in total. The van der Waals surface area contributed by atoms with Crippen LogP contribution >= 0.6 is 70.6 Å². The summed E-state index contributed by atoms with van der Waals surface area (Å²) in [4.78, 5) is 102. The number of hydrogen-bond acceptors (Lipinski definition) is 30. The number of carbonyl (C=O) groups excluding carboxylic acids is 3. The molecule has 0 radical (unpaired) electrons. The molecule has 15 rings (SSSR count). The number of rotatable bonds is 19. The molecule has 9 aromatic heterocycles. The number of pyridine rings is 6. The maximum atomic E-state index is 13.2. The van der Waals surface area contributed by atoms with Crippen LogP contribution in [-0.2, 0) is 39.3 Å². The Morgan fingerprint density at radius 3 is 1.65 bits per heavy atom. The number of esters is 1. The van der Waals surface area contributed by atoms with Crippen molar-refractivity contribution in [3.63, 3.8) is 0 Å². The minimum Gasteiger partial charge on any atom is -0.618 e. The lowest BCUT2D eigenvalue weighted by Gasteiger charge is -2.28. The lowest BCUT2D eigenvalue weighted by atomic mass is 10.0. The second-order valence-corrected chi connectivity index (χ2v) is 56.9. The maximum absolute atomic E-state index is 13.2. The van der Waals surface area contributed by atoms with Crippen molar-refractivity contribution >= 4 is 154 Å². The smallest absolute Gasteiger partial charge is 0.339 e. The molecule has 0 aliphatic carbocycles. The molecule has 146 heavy (non-hydrogen) atoms. The Morgan fingerprint density at radius 1 is 0.596 bits per heavy atom. The Balaban J connectivity index is 0.000000210. The van der Waals surface area contributed by atoms with Crippen molar-refractivity contribution in [2.24, 2.45) is 24.2 Å². The topological polar surface area (TPSA) is 399 Å². The number of anilines is 1. The van der Waals surface area contributed by atoms with Crippen molar-refractivity contribution in [1.29, 1.82) is 0 Å². The molecular weight excluding hydrogens is 1980 g/mol. The summed E-state index contributed by atoms with van der Waals surface area (Å²) < 4.78 is 44.2. The average molecular weight is 2130 g/mol. The number of methoxy groups -OCH3 is 1. The summed E-state index contributed by atoms with van der Waals surface area (Å²) in [5, 5.41) is 22.1. The van der Waals surface area contributed by atoms with Gasteiger partial charge in [-0.25, -0.2) is 37.8 Å². The molecule has 2 aromatic carbocycles. The summed E-state index contributed by atoms with van der Waals surface area (Å²) in [6, 6.07) is 25.7. The molecule has 3 amide bonds. The third kappa shape index (κ3) is 40.8. The molecule has 0 saturated carbocycles. The first kappa shape index (κ1) is 121. The maximum Gasteiger partial charge on any atom is 0.339 e. The van der Waals surface area contributed by atoms with Crippen LogP contribution in [0.25, 0.3) is 44.3 Å². The lowest BCUT2D eigenvalue weighted by Crippen LogP contribution is -2.43. The minimum atomic E-state index is -2.40. The van der Waals surface area contributed by atoms with E-state index in [1.165, 1.54) is 19.6 Å². The van der Waals surface area contributed by atoms with Crippen molar-refractivity contribution in [3.8, 4) is 17.2 Å². The minimum absolute atomic E-state index is 0.0535. The number of nitrogens with zero attached hydrogens (tertiary/aromatic N) is 13. The van der Waals surface area contributed by atoms with E-state index in [-0.39, 0.29) is 81.8 Å². The largest absolute Gasteiger partial charge is 0.618 e. The predicted molar refractivity (Wildman–Crippen MR) is 606 cm³/mol. The first-order valence-corrected chi connectivity index (χ1v) is 55.1. The molecule has 0 bridgehead atoms. The molecular formula is C109H152N18O12S7. The van der Waals surface area contributed by atoms with Crippen molar-refractivity contribution in [2.45, 2.75) is 311 Å². The molecule has 4 aliphatic heterocycles. The third-order valence-corrected chi connectivity index (χ3v) is 29.7. The number of aryl methyl sites for hydroxylation is 2. The standard InChI is InChI=1S/C26H34N4O3S2.C17H22N2O2S.C12H15N3OS.C12H20N2OS2.C11H16N2O.C11H16N2S.C11H15NO3.C9H14N2O/c1-26(2,3)35-18-9-8-16-12-17-14-29(11-10-20(17)30(33)21(16)13-18)23(31)7-5-4-6-22-24-19(15-34-22)27-25(32)28-24;1-17(2,3)22-12-4-5-13-14(19-7-6-11(18)10-19)9-16(20)21-15(13)8-12;1-12(2,3)17-8-5-9-10(13-6-8)15(4)7-14-11(9)16;1-12(2,3)16-10-7-11(9-13-8-10)17(6,15)14(4)5;2*1-8(12)9-5-10(7-13-6-9)14-11(2,3)4;1-11(2,3)15-9-5-8(6-12-7-9)10(13)14-4;1-7-10-5-8(6-11-7)12-9(2,3)4/h8-9,12-13,19,22,24H,4-7,10-11,14-15H2,1-3H3,(H2,27,28,32);4-5,8-9,11H,6-7,10,18H2,1-3H3;5-7H,1-4H3;7-9H,6H2,1-5H3;2*5-7H,1,12H2,2-4H3;5-7H,1-4H3;5-6H,1-4H3/t19-,22-,24-;11-;;;;;;/m01....../s1. The number of fused-ring (bicyclic) bond motifs is 5. The van der Waals surface area contributed by atoms with Gasteiger partial charge in [0.2, 0.25) is 11.4 Å². The molecule has 8 N–H and O–H groups in total. The van der Waals surface area contributed by atoms with Crippen LogP contribution in [0, 0.1) is 12.1 Å². The van der Waals surface area contributed by atoms with Gasteiger partial charge in [0.05, 0.1) is 88.2 Å². The van der Waals surface area contributed by atoms with Crippen LogP contribution in [0.4, 0.5) is 10.5 Å². The fourth-order valence-corrected chi connectivity index (χ4v) is 22.4. The summed E-state index contributed by atoms with van der Waals surface area (Å²) in [7, 11) is 4.29. The second kappa shape index (κ2) is 52.0. The number of ether oxygens (including phenoxy) is 4. The number of hydrogen-bond donors (Lipinski definition) is 5. The Hall–Kier alpha value is -10.6. The van der Waals surface area contributed by atoms with Gasteiger partial charge in [-0.2, -0.15) is 21.5 Å². The Morgan fingerprint density at radius 2 is 1.11 bits per heavy atom. The fraction of sp³-hybridized carbons (Fsp3) is 0.477. The highest BCUT2D eigenvalue weighted by molar-refractivity contribution is 8.02. The van der Waals surface area contributed by atoms with E-state index in [9.17, 15) is 33.4 Å². The van der Waals surface area contributed by atoms with E-state index in [4.69, 9.17) is 35.8 Å². The van der Waals surface area contributed by atoms with Crippen molar-refractivity contribution in [3.05, 3.63) is 226 Å². The lowest BCUT2D eigenvalue weighted by molar-refractivity contribution is -0.587. The average Bonchev–Trinajstić information content (AvgIpc) is 0.960. The van der Waals surface area contributed by atoms with Gasteiger partial charge in [-0.05, 0) is 175 Å². The van der Waals surface area contributed by atoms with E-state index in [0.717, 1.165) is 118 Å². The van der Waals surface area contributed by atoms with Crippen LogP contribution in [0.3, 0.4) is 0 Å². The molecule has 13 heterocycles. The summed E-state index contributed by atoms with van der Waals surface area (Å²) in [5.41, 5.74) is 23.8. The monoisotopic (exact) mass is 2130 g/mol. The van der Waals surface area contributed by atoms with Gasteiger partial charge in [-0.15, -0.1) is 58.8 Å². The quantitative estimate of drug-likeness (QED) is 0.00733. The normalized spacial score (nSPS) is 16.0. The van der Waals surface area contributed by atoms with Crippen LogP contribution in [0.1, 0.15) is 237 Å². The highest BCUT2D eigenvalue weighted by Crippen LogP contribution is 2.41. The van der Waals surface area contributed by atoms with Crippen LogP contribution in [0.2, 0.25) is 0 Å². The number of aromatic nitrogens is 10. The van der Waals surface area contributed by atoms with Gasteiger partial charge in [-0.1, -0.05) is 123 Å². The zero-order valence-electron chi connectivity index (χ0n) is 90.4. The molecule has 1 unspecified atom stereocenters. The van der Waals surface area contributed by atoms with Gasteiger partial charge in [0, 0.05) is 193 Å². The number of unbranched alkanes of at least 4 members (excludes halogenated alkanes) is 1. The third-order valence-electron chi connectivity index (χ3n) is 20.7. The second-order valence-electron chi connectivity index (χ2n) is 43.6. The van der Waals surface area contributed by atoms with Crippen LogP contribution < -0.4 is 62.9 Å². The number of carbonyl (C=O) groups is 3. The van der Waals surface area contributed by atoms with Gasteiger partial charge in [0.25, 0.3) is 5.56 Å². The number of urea groups is 1. The fourth-order valence-electron chi connectivity index (χ4n) is 14.8. The first-order chi connectivity index (χ1) is 67.6. The SMILES string of the molecule is C=C(N)c1cncc(OC(C)(C)C)c1.C=C(N)c1cncc(SC(C)(C)C)c1.C=S(=O)(c1cncc(SC(C)(C)C)c1)N(C)C.CC(C)(C)Sc1ccc2c(N3CC[C@@H](N)C3)cc(=O)oc2c1.CC(C)(C)Sc1ccc2cc3c([n+]([O-])c2c1)CCN(C(=O)CCCC[C@@H]1SC[C@@H]2NC(=O)N[C@@H]21)C3.COC(=O)c1cncc(OC(C)(C)C)c1.Cc1ncc(OC(C)(C)C)cn1.Cn1cnc(=O)c2cc(SC(C)(C)C)cnc21. The number of amides is 3. The van der Waals surface area contributed by atoms with E-state index in [1.807, 2.05) is 148 Å². The zero-order chi connectivity index (χ0) is 109. The highest BCUT2D eigenvalue weighted by Gasteiger charge is 2.43. The molecule has 5 atom stereocenters. The molecule has 37 heteroatoms. The van der Waals surface area contributed by atoms with E-state index in [0.29, 0.717) is 92.4 Å². The number of nitrogens with two attached hydrogens (primary N) is 3. The first-order valence-electron chi connectivity index (χ1n) is 48.3. The Kier molecular flexibility index (Phi) is 42.9. The number of thioether (sulfide) groups is 6. The predicted octanol–water partition coefficient (Wildman–Crippen LogP) is 21.0. The molecule has 3 fully saturated rings. The van der Waals surface area contributed by atoms with Crippen LogP contribution in [0.5, 0.6) is 17.2 Å². The van der Waals surface area contributed by atoms with Crippen molar-refractivity contribution in [2.75, 3.05) is 51.5 Å². The van der Waals surface area contributed by atoms with Gasteiger partial charge in [0.15, 0.2) is 11.4 Å². The summed E-state index contributed by atoms with van der Waals surface area (Å²) in [5.74, 6) is 7.24. The van der Waals surface area contributed by atoms with Crippen LogP contribution in [-0.4, -0.2) is 192 Å². The summed E-state index contributed by atoms with van der Waals surface area (Å²) in [6.45, 7) is 62.0. The van der Waals surface area contributed by atoms with E-state index >= 15 is 0 Å². The molecule has 792 valence electrons. The van der Waals surface area contributed by atoms with Crippen molar-refractivity contribution in [1.82, 2.24) is 64.3 Å². The summed E-state index contributed by atoms with van der Waals surface area (Å²) >= 11 is 10.6. The highest BCUT2D eigenvalue weighted by atomic mass is 32.2. The Bertz CT molecular complexity index is 6480. The Labute approximate surface area is 889 Å². The van der Waals surface area contributed by atoms with E-state index in [2.05, 4.69) is 201 Å².